The van der Waals surface area contributed by atoms with E-state index in [9.17, 15) is 19.5 Å². The number of amides is 2. The van der Waals surface area contributed by atoms with Gasteiger partial charge in [0.25, 0.3) is 0 Å². The molecule has 2 amide bonds. The third-order valence-corrected chi connectivity index (χ3v) is 4.90. The van der Waals surface area contributed by atoms with Gasteiger partial charge in [0.2, 0.25) is 11.8 Å². The number of hydrogen-bond donors (Lipinski definition) is 2. The Balaban J connectivity index is 1.68. The maximum atomic E-state index is 12.2. The van der Waals surface area contributed by atoms with Gasteiger partial charge in [-0.3, -0.25) is 14.4 Å². The van der Waals surface area contributed by atoms with Gasteiger partial charge in [0.1, 0.15) is 0 Å². The van der Waals surface area contributed by atoms with Gasteiger partial charge in [-0.25, -0.2) is 0 Å². The van der Waals surface area contributed by atoms with Crippen LogP contribution in [0, 0.1) is 5.41 Å². The summed E-state index contributed by atoms with van der Waals surface area (Å²) in [5, 5.41) is 12.1. The third kappa shape index (κ3) is 2.81. The topological polar surface area (TPSA) is 86.7 Å². The standard InChI is InChI=1S/C17H20N2O4/c1-11(20)19-8-5-12-9-13(3-4-14(12)19)18-15(21)10-17(16(22)23)6-2-7-17/h3-4,9H,2,5-8,10H2,1H3,(H,18,21)(H,22,23). The van der Waals surface area contributed by atoms with Crippen molar-refractivity contribution in [3.63, 3.8) is 0 Å². The van der Waals surface area contributed by atoms with Crippen LogP contribution in [0.3, 0.4) is 0 Å². The average Bonchev–Trinajstić information content (AvgIpc) is 2.85. The quantitative estimate of drug-likeness (QED) is 0.891. The van der Waals surface area contributed by atoms with E-state index < -0.39 is 11.4 Å². The molecule has 6 nitrogen and oxygen atoms in total. The summed E-state index contributed by atoms with van der Waals surface area (Å²) in [5.74, 6) is -1.15. The van der Waals surface area contributed by atoms with Crippen LogP contribution >= 0.6 is 0 Å². The van der Waals surface area contributed by atoms with Crippen molar-refractivity contribution >= 4 is 29.2 Å². The van der Waals surface area contributed by atoms with Gasteiger partial charge in [-0.2, -0.15) is 0 Å². The second-order valence-corrected chi connectivity index (χ2v) is 6.43. The summed E-state index contributed by atoms with van der Waals surface area (Å²) in [4.78, 5) is 36.7. The lowest BCUT2D eigenvalue weighted by Crippen LogP contribution is -2.41. The van der Waals surface area contributed by atoms with Crippen LogP contribution in [-0.4, -0.2) is 29.4 Å². The highest BCUT2D eigenvalue weighted by atomic mass is 16.4. The molecular weight excluding hydrogens is 296 g/mol. The smallest absolute Gasteiger partial charge is 0.310 e. The molecule has 1 saturated carbocycles. The number of rotatable bonds is 4. The number of benzene rings is 1. The Morgan fingerprint density at radius 1 is 1.30 bits per heavy atom. The third-order valence-electron chi connectivity index (χ3n) is 4.90. The Morgan fingerprint density at radius 3 is 2.61 bits per heavy atom. The molecule has 1 aromatic carbocycles. The fourth-order valence-corrected chi connectivity index (χ4v) is 3.39. The molecule has 0 saturated heterocycles. The van der Waals surface area contributed by atoms with Crippen molar-refractivity contribution in [2.24, 2.45) is 5.41 Å². The Morgan fingerprint density at radius 2 is 2.04 bits per heavy atom. The molecule has 2 aliphatic rings. The summed E-state index contributed by atoms with van der Waals surface area (Å²) in [6.45, 7) is 2.19. The van der Waals surface area contributed by atoms with E-state index in [1.54, 1.807) is 11.0 Å². The minimum Gasteiger partial charge on any atom is -0.481 e. The number of carbonyl (C=O) groups excluding carboxylic acids is 2. The van der Waals surface area contributed by atoms with Gasteiger partial charge in [-0.1, -0.05) is 6.42 Å². The Kier molecular flexibility index (Phi) is 3.83. The number of fused-ring (bicyclic) bond motifs is 1. The minimum absolute atomic E-state index is 0.00826. The van der Waals surface area contributed by atoms with E-state index in [0.29, 0.717) is 25.1 Å². The fourth-order valence-electron chi connectivity index (χ4n) is 3.39. The zero-order valence-corrected chi connectivity index (χ0v) is 13.1. The zero-order valence-electron chi connectivity index (χ0n) is 13.1. The summed E-state index contributed by atoms with van der Waals surface area (Å²) in [6, 6.07) is 5.45. The zero-order chi connectivity index (χ0) is 16.6. The number of anilines is 2. The SMILES string of the molecule is CC(=O)N1CCc2cc(NC(=O)CC3(C(=O)O)CCC3)ccc21. The second-order valence-electron chi connectivity index (χ2n) is 6.43. The molecule has 1 aliphatic carbocycles. The van der Waals surface area contributed by atoms with E-state index in [-0.39, 0.29) is 18.2 Å². The number of nitrogens with zero attached hydrogens (tertiary/aromatic N) is 1. The van der Waals surface area contributed by atoms with E-state index >= 15 is 0 Å². The predicted molar refractivity (Wildman–Crippen MR) is 85.3 cm³/mol. The molecule has 6 heteroatoms. The van der Waals surface area contributed by atoms with E-state index in [1.165, 1.54) is 6.92 Å². The van der Waals surface area contributed by atoms with Crippen LogP contribution in [0.15, 0.2) is 18.2 Å². The summed E-state index contributed by atoms with van der Waals surface area (Å²) < 4.78 is 0. The van der Waals surface area contributed by atoms with Crippen molar-refractivity contribution in [1.82, 2.24) is 0 Å². The van der Waals surface area contributed by atoms with Gasteiger partial charge in [0.15, 0.2) is 0 Å². The molecule has 2 N–H and O–H groups in total. The van der Waals surface area contributed by atoms with E-state index in [0.717, 1.165) is 24.1 Å². The Labute approximate surface area is 134 Å². The molecule has 1 heterocycles. The summed E-state index contributed by atoms with van der Waals surface area (Å²) in [5.41, 5.74) is 1.68. The van der Waals surface area contributed by atoms with E-state index in [4.69, 9.17) is 0 Å². The molecule has 1 aliphatic heterocycles. The van der Waals surface area contributed by atoms with Gasteiger partial charge in [0, 0.05) is 31.3 Å². The summed E-state index contributed by atoms with van der Waals surface area (Å²) >= 11 is 0. The largest absolute Gasteiger partial charge is 0.481 e. The van der Waals surface area contributed by atoms with Crippen molar-refractivity contribution in [1.29, 1.82) is 0 Å². The molecule has 0 spiro atoms. The lowest BCUT2D eigenvalue weighted by Gasteiger charge is -2.36. The first-order chi connectivity index (χ1) is 10.9. The van der Waals surface area contributed by atoms with E-state index in [1.807, 2.05) is 12.1 Å². The fraction of sp³-hybridized carbons (Fsp3) is 0.471. The second kappa shape index (κ2) is 5.68. The van der Waals surface area contributed by atoms with Crippen LogP contribution < -0.4 is 10.2 Å². The van der Waals surface area contributed by atoms with Crippen LogP contribution in [-0.2, 0) is 20.8 Å². The summed E-state index contributed by atoms with van der Waals surface area (Å²) in [7, 11) is 0. The molecule has 0 radical (unpaired) electrons. The molecule has 0 bridgehead atoms. The summed E-state index contributed by atoms with van der Waals surface area (Å²) in [6.07, 6.45) is 2.76. The first-order valence-electron chi connectivity index (χ1n) is 7.86. The van der Waals surface area contributed by atoms with Crippen molar-refractivity contribution in [3.05, 3.63) is 23.8 Å². The van der Waals surface area contributed by atoms with Crippen LogP contribution in [0.5, 0.6) is 0 Å². The Bertz CT molecular complexity index is 679. The normalized spacial score (nSPS) is 18.0. The maximum absolute atomic E-state index is 12.2. The number of carboxylic acids is 1. The molecular formula is C17H20N2O4. The molecule has 122 valence electrons. The highest BCUT2D eigenvalue weighted by molar-refractivity contribution is 5.97. The minimum atomic E-state index is -0.884. The molecule has 1 aromatic rings. The molecule has 0 aromatic heterocycles. The number of nitrogens with one attached hydrogen (secondary N) is 1. The monoisotopic (exact) mass is 316 g/mol. The number of hydrogen-bond acceptors (Lipinski definition) is 3. The van der Waals surface area contributed by atoms with Crippen molar-refractivity contribution < 1.29 is 19.5 Å². The van der Waals surface area contributed by atoms with Crippen molar-refractivity contribution in [2.75, 3.05) is 16.8 Å². The van der Waals surface area contributed by atoms with Gasteiger partial charge in [-0.15, -0.1) is 0 Å². The van der Waals surface area contributed by atoms with Gasteiger partial charge < -0.3 is 15.3 Å². The number of carbonyl (C=O) groups is 3. The molecule has 0 unspecified atom stereocenters. The highest BCUT2D eigenvalue weighted by Gasteiger charge is 2.45. The predicted octanol–water partition coefficient (Wildman–Crippen LogP) is 2.18. The Hall–Kier alpha value is -2.37. The number of aliphatic carboxylic acids is 1. The van der Waals surface area contributed by atoms with Crippen LogP contribution in [0.2, 0.25) is 0 Å². The van der Waals surface area contributed by atoms with Crippen molar-refractivity contribution in [2.45, 2.75) is 39.0 Å². The van der Waals surface area contributed by atoms with Gasteiger partial charge in [0.05, 0.1) is 5.41 Å². The molecule has 1 fully saturated rings. The lowest BCUT2D eigenvalue weighted by atomic mass is 9.66. The molecule has 3 rings (SSSR count). The lowest BCUT2D eigenvalue weighted by molar-refractivity contribution is -0.157. The van der Waals surface area contributed by atoms with Crippen molar-refractivity contribution in [3.8, 4) is 0 Å². The molecule has 0 atom stereocenters. The first kappa shape index (κ1) is 15.5. The number of carboxylic acid groups (broad SMARTS) is 1. The van der Waals surface area contributed by atoms with Crippen LogP contribution in [0.4, 0.5) is 11.4 Å². The van der Waals surface area contributed by atoms with E-state index in [2.05, 4.69) is 5.32 Å². The van der Waals surface area contributed by atoms with Crippen LogP contribution in [0.25, 0.3) is 0 Å². The molecule has 23 heavy (non-hydrogen) atoms. The first-order valence-corrected chi connectivity index (χ1v) is 7.86. The maximum Gasteiger partial charge on any atom is 0.310 e. The van der Waals surface area contributed by atoms with Gasteiger partial charge in [-0.05, 0) is 43.0 Å². The average molecular weight is 316 g/mol. The highest BCUT2D eigenvalue weighted by Crippen LogP contribution is 2.44. The van der Waals surface area contributed by atoms with Crippen LogP contribution in [0.1, 0.15) is 38.2 Å². The van der Waals surface area contributed by atoms with Gasteiger partial charge >= 0.3 is 5.97 Å².